The number of hydrogen-bond donors (Lipinski definition) is 1. The van der Waals surface area contributed by atoms with Gasteiger partial charge in [-0.25, -0.2) is 8.42 Å². The summed E-state index contributed by atoms with van der Waals surface area (Å²) in [6.07, 6.45) is 3.99. The minimum absolute atomic E-state index is 0.0531. The van der Waals surface area contributed by atoms with Crippen LogP contribution in [-0.4, -0.2) is 25.4 Å². The van der Waals surface area contributed by atoms with Crippen molar-refractivity contribution < 1.29 is 8.42 Å². The summed E-state index contributed by atoms with van der Waals surface area (Å²) >= 11 is 0. The number of sulfone groups is 1. The molecule has 0 aliphatic rings. The number of hydrogen-bond acceptors (Lipinski definition) is 5. The molecule has 5 nitrogen and oxygen atoms in total. The number of nitrogens with zero attached hydrogens (tertiary/aromatic N) is 2. The highest BCUT2D eigenvalue weighted by atomic mass is 32.2. The van der Waals surface area contributed by atoms with Crippen LogP contribution in [0.3, 0.4) is 0 Å². The van der Waals surface area contributed by atoms with Crippen LogP contribution in [-0.2, 0) is 9.84 Å². The molecule has 1 rings (SSSR count). The summed E-state index contributed by atoms with van der Waals surface area (Å²) in [5, 5.41) is 15.4. The van der Waals surface area contributed by atoms with Crippen LogP contribution in [0.15, 0.2) is 23.4 Å². The van der Waals surface area contributed by atoms with Crippen molar-refractivity contribution in [3.05, 3.63) is 24.0 Å². The molecule has 6 heteroatoms. The summed E-state index contributed by atoms with van der Waals surface area (Å²) in [5.74, 6) is -0.382. The molecule has 0 saturated heterocycles. The predicted octanol–water partition coefficient (Wildman–Crippen LogP) is 1.52. The number of nitriles is 1. The van der Waals surface area contributed by atoms with Crippen molar-refractivity contribution in [1.82, 2.24) is 4.98 Å². The first kappa shape index (κ1) is 13.3. The van der Waals surface area contributed by atoms with Gasteiger partial charge in [0.05, 0.1) is 16.7 Å². The molecule has 1 unspecified atom stereocenters. The second-order valence-corrected chi connectivity index (χ2v) is 5.74. The zero-order valence-electron chi connectivity index (χ0n) is 9.42. The van der Waals surface area contributed by atoms with E-state index in [0.717, 1.165) is 11.8 Å². The molecule has 0 saturated carbocycles. The van der Waals surface area contributed by atoms with Crippen LogP contribution in [0.4, 0.5) is 0 Å². The Hall–Kier alpha value is -1.74. The molecule has 0 fully saturated rings. The molecule has 0 aliphatic heterocycles. The summed E-state index contributed by atoms with van der Waals surface area (Å²) in [6, 6.07) is 3.56. The average molecular weight is 251 g/mol. The Kier molecular flexibility index (Phi) is 4.35. The van der Waals surface area contributed by atoms with Crippen LogP contribution in [0.1, 0.15) is 24.8 Å². The zero-order chi connectivity index (χ0) is 12.9. The number of aromatic nitrogens is 1. The maximum Gasteiger partial charge on any atom is 0.184 e. The molecular formula is C11H13N3O2S. The van der Waals surface area contributed by atoms with Crippen molar-refractivity contribution in [3.8, 4) is 6.07 Å². The molecule has 1 heterocycles. The lowest BCUT2D eigenvalue weighted by Gasteiger charge is -2.08. The molecule has 0 aliphatic carbocycles. The van der Waals surface area contributed by atoms with E-state index in [2.05, 4.69) is 4.98 Å². The summed E-state index contributed by atoms with van der Waals surface area (Å²) < 4.78 is 23.4. The second kappa shape index (κ2) is 5.55. The molecule has 0 aromatic carbocycles. The summed E-state index contributed by atoms with van der Waals surface area (Å²) in [7, 11) is -3.47. The number of pyridine rings is 1. The van der Waals surface area contributed by atoms with Gasteiger partial charge in [0.1, 0.15) is 0 Å². The fourth-order valence-corrected chi connectivity index (χ4v) is 2.28. The average Bonchev–Trinajstić information content (AvgIpc) is 2.29. The van der Waals surface area contributed by atoms with Gasteiger partial charge in [-0.1, -0.05) is 6.92 Å². The second-order valence-electron chi connectivity index (χ2n) is 3.70. The highest BCUT2D eigenvalue weighted by molar-refractivity contribution is 7.92. The van der Waals surface area contributed by atoms with Crippen LogP contribution in [0, 0.1) is 16.7 Å². The fourth-order valence-electron chi connectivity index (χ4n) is 1.34. The van der Waals surface area contributed by atoms with Gasteiger partial charge in [0, 0.05) is 25.0 Å². The molecular weight excluding hydrogens is 238 g/mol. The van der Waals surface area contributed by atoms with E-state index in [1.807, 2.05) is 13.0 Å². The first-order valence-electron chi connectivity index (χ1n) is 5.05. The monoisotopic (exact) mass is 251 g/mol. The Morgan fingerprint density at radius 2 is 2.29 bits per heavy atom. The predicted molar refractivity (Wildman–Crippen MR) is 63.7 cm³/mol. The maximum absolute atomic E-state index is 11.7. The molecule has 1 aromatic heterocycles. The Labute approximate surface area is 101 Å². The standard InChI is InChI=1S/C11H13N3O2S/c1-9(2-3-12)10-6-11(8-14-7-10)17(15,16)5-4-13/h4,6-9,13H,2,5H2,1H3. The Bertz CT molecular complexity index is 546. The van der Waals surface area contributed by atoms with Crippen LogP contribution < -0.4 is 0 Å². The Morgan fingerprint density at radius 3 is 2.88 bits per heavy atom. The SMILES string of the molecule is CC(CC#N)c1cncc(S(=O)(=O)CC=N)c1. The van der Waals surface area contributed by atoms with Gasteiger partial charge in [-0.15, -0.1) is 0 Å². The van der Waals surface area contributed by atoms with Gasteiger partial charge in [-0.2, -0.15) is 5.26 Å². The van der Waals surface area contributed by atoms with Gasteiger partial charge in [0.25, 0.3) is 0 Å². The zero-order valence-corrected chi connectivity index (χ0v) is 10.2. The third-order valence-electron chi connectivity index (χ3n) is 2.36. The van der Waals surface area contributed by atoms with Crippen molar-refractivity contribution in [2.24, 2.45) is 0 Å². The highest BCUT2D eigenvalue weighted by Gasteiger charge is 2.15. The normalized spacial score (nSPS) is 12.7. The summed E-state index contributed by atoms with van der Waals surface area (Å²) in [4.78, 5) is 3.97. The van der Waals surface area contributed by atoms with E-state index in [0.29, 0.717) is 6.42 Å². The van der Waals surface area contributed by atoms with Crippen molar-refractivity contribution in [2.75, 3.05) is 5.75 Å². The molecule has 0 spiro atoms. The molecule has 0 bridgehead atoms. The molecule has 1 N–H and O–H groups in total. The highest BCUT2D eigenvalue weighted by Crippen LogP contribution is 2.20. The van der Waals surface area contributed by atoms with E-state index in [1.165, 1.54) is 12.3 Å². The van der Waals surface area contributed by atoms with E-state index in [1.54, 1.807) is 6.20 Å². The van der Waals surface area contributed by atoms with Crippen molar-refractivity contribution in [2.45, 2.75) is 24.2 Å². The lowest BCUT2D eigenvalue weighted by Crippen LogP contribution is -2.08. The summed E-state index contributed by atoms with van der Waals surface area (Å²) in [5.41, 5.74) is 0.720. The first-order chi connectivity index (χ1) is 8.01. The van der Waals surface area contributed by atoms with Gasteiger partial charge in [0.15, 0.2) is 9.84 Å². The minimum atomic E-state index is -3.47. The van der Waals surface area contributed by atoms with Gasteiger partial charge >= 0.3 is 0 Å². The van der Waals surface area contributed by atoms with Gasteiger partial charge < -0.3 is 5.41 Å². The summed E-state index contributed by atoms with van der Waals surface area (Å²) in [6.45, 7) is 1.84. The minimum Gasteiger partial charge on any atom is -0.312 e. The van der Waals surface area contributed by atoms with Crippen LogP contribution in [0.2, 0.25) is 0 Å². The molecule has 0 amide bonds. The van der Waals surface area contributed by atoms with E-state index in [-0.39, 0.29) is 16.6 Å². The van der Waals surface area contributed by atoms with E-state index < -0.39 is 9.84 Å². The lowest BCUT2D eigenvalue weighted by molar-refractivity contribution is 0.599. The van der Waals surface area contributed by atoms with Crippen LogP contribution in [0.5, 0.6) is 0 Å². The number of rotatable bonds is 5. The molecule has 1 atom stereocenters. The smallest absolute Gasteiger partial charge is 0.184 e. The quantitative estimate of drug-likeness (QED) is 0.802. The van der Waals surface area contributed by atoms with E-state index in [4.69, 9.17) is 10.7 Å². The van der Waals surface area contributed by atoms with Crippen molar-refractivity contribution in [1.29, 1.82) is 10.7 Å². The molecule has 90 valence electrons. The van der Waals surface area contributed by atoms with Crippen molar-refractivity contribution in [3.63, 3.8) is 0 Å². The Balaban J connectivity index is 3.10. The maximum atomic E-state index is 11.7. The van der Waals surface area contributed by atoms with Crippen LogP contribution in [0.25, 0.3) is 0 Å². The fraction of sp³-hybridized carbons (Fsp3) is 0.364. The van der Waals surface area contributed by atoms with E-state index in [9.17, 15) is 8.42 Å². The third-order valence-corrected chi connectivity index (χ3v) is 3.91. The lowest BCUT2D eigenvalue weighted by atomic mass is 10.0. The Morgan fingerprint density at radius 1 is 1.59 bits per heavy atom. The third kappa shape index (κ3) is 3.36. The topological polar surface area (TPSA) is 94.7 Å². The van der Waals surface area contributed by atoms with Crippen molar-refractivity contribution >= 4 is 16.1 Å². The first-order valence-corrected chi connectivity index (χ1v) is 6.70. The van der Waals surface area contributed by atoms with Gasteiger partial charge in [0.2, 0.25) is 0 Å². The van der Waals surface area contributed by atoms with Crippen LogP contribution >= 0.6 is 0 Å². The van der Waals surface area contributed by atoms with Gasteiger partial charge in [-0.3, -0.25) is 4.98 Å². The number of nitrogens with one attached hydrogen (secondary N) is 1. The molecule has 17 heavy (non-hydrogen) atoms. The van der Waals surface area contributed by atoms with E-state index >= 15 is 0 Å². The molecule has 0 radical (unpaired) electrons. The van der Waals surface area contributed by atoms with Gasteiger partial charge in [-0.05, 0) is 17.5 Å². The molecule has 1 aromatic rings. The largest absolute Gasteiger partial charge is 0.312 e.